The van der Waals surface area contributed by atoms with Crippen LogP contribution in [-0.2, 0) is 9.59 Å². The number of hydrogen-bond acceptors (Lipinski definition) is 4. The molecule has 8 heteroatoms. The van der Waals surface area contributed by atoms with Gasteiger partial charge in [-0.25, -0.2) is 9.59 Å². The number of amides is 3. The molecular weight excluding hydrogens is 242 g/mol. The standard InChI is InChI=1S/C10H19N3O5/c1-4-13(5-8(15)12(2)3)10(18)11-7(6-14)9(16)17/h7,14H,4-6H2,1-3H3,(H,11,18)(H,16,17)/t7-/m0/s1. The number of carbonyl (C=O) groups excluding carboxylic acids is 2. The molecule has 8 nitrogen and oxygen atoms in total. The first-order chi connectivity index (χ1) is 8.33. The number of nitrogens with one attached hydrogen (secondary N) is 1. The Labute approximate surface area is 105 Å². The summed E-state index contributed by atoms with van der Waals surface area (Å²) in [5, 5.41) is 19.6. The topological polar surface area (TPSA) is 110 Å². The Hall–Kier alpha value is -1.83. The zero-order valence-corrected chi connectivity index (χ0v) is 10.7. The molecule has 0 aromatic carbocycles. The summed E-state index contributed by atoms with van der Waals surface area (Å²) in [7, 11) is 3.11. The Kier molecular flexibility index (Phi) is 6.73. The van der Waals surface area contributed by atoms with Crippen molar-refractivity contribution >= 4 is 17.9 Å². The fraction of sp³-hybridized carbons (Fsp3) is 0.700. The van der Waals surface area contributed by atoms with Gasteiger partial charge in [0.15, 0.2) is 6.04 Å². The maximum absolute atomic E-state index is 11.7. The van der Waals surface area contributed by atoms with Crippen molar-refractivity contribution in [2.45, 2.75) is 13.0 Å². The predicted octanol–water partition coefficient (Wildman–Crippen LogP) is -1.45. The Morgan fingerprint density at radius 2 is 1.83 bits per heavy atom. The SMILES string of the molecule is CCN(CC(=O)N(C)C)C(=O)N[C@@H](CO)C(=O)O. The summed E-state index contributed by atoms with van der Waals surface area (Å²) in [6.45, 7) is 1.06. The minimum absolute atomic E-state index is 0.146. The first-order valence-corrected chi connectivity index (χ1v) is 5.42. The fourth-order valence-electron chi connectivity index (χ4n) is 1.06. The summed E-state index contributed by atoms with van der Waals surface area (Å²) < 4.78 is 0. The van der Waals surface area contributed by atoms with Gasteiger partial charge in [-0.3, -0.25) is 4.79 Å². The number of urea groups is 1. The Bertz CT molecular complexity index is 319. The third-order valence-corrected chi connectivity index (χ3v) is 2.27. The van der Waals surface area contributed by atoms with Crippen molar-refractivity contribution < 1.29 is 24.6 Å². The van der Waals surface area contributed by atoms with E-state index in [1.807, 2.05) is 0 Å². The molecule has 3 N–H and O–H groups in total. The van der Waals surface area contributed by atoms with E-state index in [1.54, 1.807) is 21.0 Å². The van der Waals surface area contributed by atoms with Gasteiger partial charge in [-0.15, -0.1) is 0 Å². The number of aliphatic hydroxyl groups is 1. The number of carbonyl (C=O) groups is 3. The average Bonchev–Trinajstić information content (AvgIpc) is 2.31. The second kappa shape index (κ2) is 7.49. The van der Waals surface area contributed by atoms with E-state index in [0.29, 0.717) is 0 Å². The molecule has 3 amide bonds. The molecule has 0 rings (SSSR count). The van der Waals surface area contributed by atoms with Crippen molar-refractivity contribution in [1.82, 2.24) is 15.1 Å². The molecule has 0 aromatic rings. The Balaban J connectivity index is 4.52. The number of nitrogens with zero attached hydrogens (tertiary/aromatic N) is 2. The second-order valence-electron chi connectivity index (χ2n) is 3.83. The summed E-state index contributed by atoms with van der Waals surface area (Å²) in [6.07, 6.45) is 0. The number of likely N-dealkylation sites (N-methyl/N-ethyl adjacent to an activating group) is 2. The lowest BCUT2D eigenvalue weighted by atomic mass is 10.3. The van der Waals surface area contributed by atoms with Crippen LogP contribution < -0.4 is 5.32 Å². The smallest absolute Gasteiger partial charge is 0.328 e. The second-order valence-corrected chi connectivity index (χ2v) is 3.83. The molecule has 104 valence electrons. The van der Waals surface area contributed by atoms with Crippen molar-refractivity contribution in [2.75, 3.05) is 33.8 Å². The van der Waals surface area contributed by atoms with Crippen LogP contribution >= 0.6 is 0 Å². The Morgan fingerprint density at radius 1 is 1.28 bits per heavy atom. The van der Waals surface area contributed by atoms with Crippen LogP contribution in [0.15, 0.2) is 0 Å². The fourth-order valence-corrected chi connectivity index (χ4v) is 1.06. The minimum Gasteiger partial charge on any atom is -0.480 e. The van der Waals surface area contributed by atoms with Crippen LogP contribution in [0, 0.1) is 0 Å². The summed E-state index contributed by atoms with van der Waals surface area (Å²) in [5.74, 6) is -1.61. The maximum Gasteiger partial charge on any atom is 0.328 e. The number of aliphatic hydroxyl groups excluding tert-OH is 1. The van der Waals surface area contributed by atoms with Crippen molar-refractivity contribution in [2.24, 2.45) is 0 Å². The van der Waals surface area contributed by atoms with E-state index in [9.17, 15) is 14.4 Å². The molecule has 0 aromatic heterocycles. The zero-order chi connectivity index (χ0) is 14.3. The van der Waals surface area contributed by atoms with Crippen LogP contribution in [0.3, 0.4) is 0 Å². The van der Waals surface area contributed by atoms with Crippen molar-refractivity contribution in [3.8, 4) is 0 Å². The third kappa shape index (κ3) is 5.00. The van der Waals surface area contributed by atoms with Gasteiger partial charge in [0.25, 0.3) is 0 Å². The molecule has 1 atom stereocenters. The van der Waals surface area contributed by atoms with E-state index in [2.05, 4.69) is 5.32 Å². The molecule has 0 saturated carbocycles. The molecular formula is C10H19N3O5. The van der Waals surface area contributed by atoms with Gasteiger partial charge in [0, 0.05) is 20.6 Å². The monoisotopic (exact) mass is 261 g/mol. The number of carboxylic acids is 1. The first kappa shape index (κ1) is 16.2. The highest BCUT2D eigenvalue weighted by Gasteiger charge is 2.23. The van der Waals surface area contributed by atoms with E-state index < -0.39 is 24.6 Å². The van der Waals surface area contributed by atoms with Crippen LogP contribution in [0.5, 0.6) is 0 Å². The molecule has 18 heavy (non-hydrogen) atoms. The quantitative estimate of drug-likeness (QED) is 0.542. The molecule has 0 aliphatic heterocycles. The lowest BCUT2D eigenvalue weighted by Gasteiger charge is -2.24. The van der Waals surface area contributed by atoms with Crippen LogP contribution in [0.4, 0.5) is 4.79 Å². The van der Waals surface area contributed by atoms with Crippen LogP contribution in [0.1, 0.15) is 6.92 Å². The molecule has 0 unspecified atom stereocenters. The zero-order valence-electron chi connectivity index (χ0n) is 10.7. The van der Waals surface area contributed by atoms with Crippen LogP contribution in [0.25, 0.3) is 0 Å². The van der Waals surface area contributed by atoms with Crippen molar-refractivity contribution in [3.63, 3.8) is 0 Å². The summed E-state index contributed by atoms with van der Waals surface area (Å²) in [5.41, 5.74) is 0. The highest BCUT2D eigenvalue weighted by molar-refractivity contribution is 5.86. The van der Waals surface area contributed by atoms with Gasteiger partial charge in [-0.1, -0.05) is 0 Å². The van der Waals surface area contributed by atoms with Crippen molar-refractivity contribution in [1.29, 1.82) is 0 Å². The summed E-state index contributed by atoms with van der Waals surface area (Å²) in [6, 6.07) is -2.07. The number of carboxylic acid groups (broad SMARTS) is 1. The third-order valence-electron chi connectivity index (χ3n) is 2.27. The van der Waals surface area contributed by atoms with Gasteiger partial charge < -0.3 is 25.3 Å². The molecule has 0 aliphatic rings. The minimum atomic E-state index is -1.37. The maximum atomic E-state index is 11.7. The van der Waals surface area contributed by atoms with E-state index in [1.165, 1.54) is 4.90 Å². The molecule has 0 heterocycles. The van der Waals surface area contributed by atoms with Gasteiger partial charge in [0.1, 0.15) is 6.54 Å². The lowest BCUT2D eigenvalue weighted by Crippen LogP contribution is -2.51. The molecule has 0 fully saturated rings. The molecule has 0 saturated heterocycles. The van der Waals surface area contributed by atoms with Gasteiger partial charge >= 0.3 is 12.0 Å². The molecule has 0 radical (unpaired) electrons. The highest BCUT2D eigenvalue weighted by atomic mass is 16.4. The van der Waals surface area contributed by atoms with Crippen LogP contribution in [-0.4, -0.2) is 77.8 Å². The number of rotatable bonds is 6. The molecule has 0 bridgehead atoms. The van der Waals surface area contributed by atoms with E-state index >= 15 is 0 Å². The van der Waals surface area contributed by atoms with E-state index in [0.717, 1.165) is 4.90 Å². The predicted molar refractivity (Wildman–Crippen MR) is 63.0 cm³/mol. The molecule has 0 aliphatic carbocycles. The molecule has 0 spiro atoms. The van der Waals surface area contributed by atoms with Gasteiger partial charge in [-0.05, 0) is 6.92 Å². The van der Waals surface area contributed by atoms with E-state index in [4.69, 9.17) is 10.2 Å². The normalized spacial score (nSPS) is 11.6. The highest BCUT2D eigenvalue weighted by Crippen LogP contribution is 1.94. The van der Waals surface area contributed by atoms with Crippen LogP contribution in [0.2, 0.25) is 0 Å². The number of aliphatic carboxylic acids is 1. The summed E-state index contributed by atoms with van der Waals surface area (Å²) in [4.78, 5) is 36.2. The van der Waals surface area contributed by atoms with Gasteiger partial charge in [0.2, 0.25) is 5.91 Å². The van der Waals surface area contributed by atoms with Crippen molar-refractivity contribution in [3.05, 3.63) is 0 Å². The lowest BCUT2D eigenvalue weighted by molar-refractivity contribution is -0.140. The largest absolute Gasteiger partial charge is 0.480 e. The Morgan fingerprint density at radius 3 is 2.17 bits per heavy atom. The van der Waals surface area contributed by atoms with Gasteiger partial charge in [0.05, 0.1) is 6.61 Å². The summed E-state index contributed by atoms with van der Waals surface area (Å²) >= 11 is 0. The van der Waals surface area contributed by atoms with Gasteiger partial charge in [-0.2, -0.15) is 0 Å². The number of hydrogen-bond donors (Lipinski definition) is 3. The van der Waals surface area contributed by atoms with E-state index in [-0.39, 0.29) is 19.0 Å². The average molecular weight is 261 g/mol. The first-order valence-electron chi connectivity index (χ1n) is 5.42.